The predicted octanol–water partition coefficient (Wildman–Crippen LogP) is 3.98. The van der Waals surface area contributed by atoms with Gasteiger partial charge in [-0.1, -0.05) is 29.8 Å². The number of alkyl halides is 3. The highest BCUT2D eigenvalue weighted by Gasteiger charge is 2.32. The van der Waals surface area contributed by atoms with Crippen LogP contribution in [0.3, 0.4) is 0 Å². The highest BCUT2D eigenvalue weighted by molar-refractivity contribution is 6.33. The van der Waals surface area contributed by atoms with Gasteiger partial charge >= 0.3 is 6.18 Å². The van der Waals surface area contributed by atoms with Gasteiger partial charge in [0.05, 0.1) is 10.6 Å². The molecule has 2 N–H and O–H groups in total. The number of pyridine rings is 1. The van der Waals surface area contributed by atoms with Crippen molar-refractivity contribution < 1.29 is 13.2 Å². The van der Waals surface area contributed by atoms with Crippen molar-refractivity contribution >= 4 is 23.1 Å². The van der Waals surface area contributed by atoms with Crippen molar-refractivity contribution in [3.8, 4) is 0 Å². The minimum Gasteiger partial charge on any atom is -0.328 e. The number of para-hydroxylation sites is 1. The average Bonchev–Trinajstić information content (AvgIpc) is 2.45. The van der Waals surface area contributed by atoms with E-state index in [-0.39, 0.29) is 10.8 Å². The molecule has 1 aromatic heterocycles. The molecule has 3 nitrogen and oxygen atoms in total. The number of nitrogens with two attached hydrogens (primary N) is 1. The summed E-state index contributed by atoms with van der Waals surface area (Å²) in [6, 6.07) is 8.15. The smallest absolute Gasteiger partial charge is 0.328 e. The lowest BCUT2D eigenvalue weighted by molar-refractivity contribution is -0.137. The van der Waals surface area contributed by atoms with Gasteiger partial charge in [-0.15, -0.1) is 0 Å². The largest absolute Gasteiger partial charge is 0.417 e. The molecule has 0 aliphatic heterocycles. The third kappa shape index (κ3) is 3.28. The minimum absolute atomic E-state index is 0.0702. The van der Waals surface area contributed by atoms with E-state index in [1.807, 2.05) is 18.2 Å². The van der Waals surface area contributed by atoms with Gasteiger partial charge in [0.15, 0.2) is 5.82 Å². The van der Waals surface area contributed by atoms with E-state index in [0.717, 1.165) is 23.5 Å². The third-order valence-corrected chi connectivity index (χ3v) is 3.32. The van der Waals surface area contributed by atoms with Crippen molar-refractivity contribution in [2.75, 3.05) is 11.9 Å². The molecule has 21 heavy (non-hydrogen) atoms. The molecule has 0 saturated carbocycles. The Bertz CT molecular complexity index is 644. The van der Waals surface area contributed by atoms with Gasteiger partial charge in [-0.25, -0.2) is 4.98 Å². The molecule has 0 saturated heterocycles. The minimum atomic E-state index is -4.47. The van der Waals surface area contributed by atoms with Crippen LogP contribution in [0.4, 0.5) is 24.7 Å². The summed E-state index contributed by atoms with van der Waals surface area (Å²) >= 11 is 5.94. The zero-order valence-corrected chi connectivity index (χ0v) is 11.9. The van der Waals surface area contributed by atoms with Crippen molar-refractivity contribution in [1.29, 1.82) is 0 Å². The molecule has 0 amide bonds. The summed E-state index contributed by atoms with van der Waals surface area (Å²) in [6.45, 7) is 0.304. The van der Waals surface area contributed by atoms with Crippen LogP contribution in [0.15, 0.2) is 36.5 Å². The zero-order valence-electron chi connectivity index (χ0n) is 11.2. The van der Waals surface area contributed by atoms with Gasteiger partial charge in [-0.2, -0.15) is 13.2 Å². The number of rotatable bonds is 3. The molecule has 0 aliphatic rings. The number of aromatic nitrogens is 1. The SMILES string of the molecule is CN(c1ccccc1CN)c1ncc(C(F)(F)F)cc1Cl. The van der Waals surface area contributed by atoms with E-state index in [2.05, 4.69) is 4.98 Å². The average molecular weight is 316 g/mol. The zero-order chi connectivity index (χ0) is 15.6. The Labute approximate surface area is 125 Å². The maximum Gasteiger partial charge on any atom is 0.417 e. The summed E-state index contributed by atoms with van der Waals surface area (Å²) in [7, 11) is 1.68. The van der Waals surface area contributed by atoms with Crippen LogP contribution in [0.25, 0.3) is 0 Å². The summed E-state index contributed by atoms with van der Waals surface area (Å²) in [4.78, 5) is 5.45. The van der Waals surface area contributed by atoms with Gasteiger partial charge in [0, 0.05) is 25.5 Å². The predicted molar refractivity (Wildman–Crippen MR) is 76.6 cm³/mol. The molecule has 1 aromatic carbocycles. The lowest BCUT2D eigenvalue weighted by atomic mass is 10.1. The normalized spacial score (nSPS) is 11.5. The fraction of sp³-hybridized carbons (Fsp3) is 0.214. The van der Waals surface area contributed by atoms with Crippen LogP contribution in [-0.2, 0) is 12.7 Å². The fourth-order valence-electron chi connectivity index (χ4n) is 1.96. The molecule has 2 rings (SSSR count). The molecule has 0 unspecified atom stereocenters. The third-order valence-electron chi connectivity index (χ3n) is 3.04. The molecular formula is C14H13ClF3N3. The van der Waals surface area contributed by atoms with Gasteiger partial charge < -0.3 is 10.6 Å². The molecule has 1 heterocycles. The Balaban J connectivity index is 2.42. The Kier molecular flexibility index (Phi) is 4.39. The molecule has 0 aliphatic carbocycles. The monoisotopic (exact) mass is 315 g/mol. The summed E-state index contributed by atoms with van der Waals surface area (Å²) < 4.78 is 37.8. The summed E-state index contributed by atoms with van der Waals surface area (Å²) in [5, 5.41) is -0.0702. The van der Waals surface area contributed by atoms with E-state index in [9.17, 15) is 13.2 Å². The first-order valence-corrected chi connectivity index (χ1v) is 6.47. The lowest BCUT2D eigenvalue weighted by Crippen LogP contribution is -2.16. The van der Waals surface area contributed by atoms with Crippen LogP contribution in [-0.4, -0.2) is 12.0 Å². The molecule has 7 heteroatoms. The van der Waals surface area contributed by atoms with Crippen LogP contribution in [0.1, 0.15) is 11.1 Å². The van der Waals surface area contributed by atoms with E-state index in [1.54, 1.807) is 18.0 Å². The number of anilines is 2. The second-order valence-corrected chi connectivity index (χ2v) is 4.83. The maximum atomic E-state index is 12.6. The molecule has 0 fully saturated rings. The quantitative estimate of drug-likeness (QED) is 0.931. The Morgan fingerprint density at radius 2 is 1.95 bits per heavy atom. The molecule has 0 spiro atoms. The number of halogens is 4. The first kappa shape index (κ1) is 15.6. The second kappa shape index (κ2) is 5.91. The van der Waals surface area contributed by atoms with Gasteiger partial charge in [0.1, 0.15) is 0 Å². The van der Waals surface area contributed by atoms with Gasteiger partial charge in [0.25, 0.3) is 0 Å². The van der Waals surface area contributed by atoms with Crippen molar-refractivity contribution in [2.45, 2.75) is 12.7 Å². The molecule has 2 aromatic rings. The van der Waals surface area contributed by atoms with E-state index in [4.69, 9.17) is 17.3 Å². The van der Waals surface area contributed by atoms with E-state index in [0.29, 0.717) is 6.54 Å². The van der Waals surface area contributed by atoms with Crippen LogP contribution in [0.5, 0.6) is 0 Å². The van der Waals surface area contributed by atoms with Gasteiger partial charge in [-0.05, 0) is 17.7 Å². The van der Waals surface area contributed by atoms with Crippen LogP contribution < -0.4 is 10.6 Å². The van der Waals surface area contributed by atoms with E-state index >= 15 is 0 Å². The number of hydrogen-bond donors (Lipinski definition) is 1. The van der Waals surface area contributed by atoms with Crippen LogP contribution >= 0.6 is 11.6 Å². The summed E-state index contributed by atoms with van der Waals surface area (Å²) in [5.41, 5.74) is 6.37. The van der Waals surface area contributed by atoms with Crippen molar-refractivity contribution in [2.24, 2.45) is 5.73 Å². The Morgan fingerprint density at radius 3 is 2.52 bits per heavy atom. The van der Waals surface area contributed by atoms with Gasteiger partial charge in [0.2, 0.25) is 0 Å². The Hall–Kier alpha value is -1.79. The van der Waals surface area contributed by atoms with Crippen LogP contribution in [0.2, 0.25) is 5.02 Å². The maximum absolute atomic E-state index is 12.6. The highest BCUT2D eigenvalue weighted by atomic mass is 35.5. The number of benzene rings is 1. The van der Waals surface area contributed by atoms with Crippen LogP contribution in [0, 0.1) is 0 Å². The van der Waals surface area contributed by atoms with E-state index in [1.165, 1.54) is 0 Å². The van der Waals surface area contributed by atoms with Gasteiger partial charge in [-0.3, -0.25) is 0 Å². The first-order valence-electron chi connectivity index (χ1n) is 6.09. The fourth-order valence-corrected chi connectivity index (χ4v) is 2.25. The number of nitrogens with zero attached hydrogens (tertiary/aromatic N) is 2. The van der Waals surface area contributed by atoms with Crippen molar-refractivity contribution in [1.82, 2.24) is 4.98 Å². The number of hydrogen-bond acceptors (Lipinski definition) is 3. The first-order chi connectivity index (χ1) is 9.84. The van der Waals surface area contributed by atoms with Crippen molar-refractivity contribution in [3.63, 3.8) is 0 Å². The molecule has 112 valence electrons. The molecule has 0 radical (unpaired) electrons. The standard InChI is InChI=1S/C14H13ClF3N3/c1-21(12-5-3-2-4-9(12)7-19)13-11(15)6-10(8-20-13)14(16,17)18/h2-6,8H,7,19H2,1H3. The second-order valence-electron chi connectivity index (χ2n) is 4.42. The summed E-state index contributed by atoms with van der Waals surface area (Å²) in [6.07, 6.45) is -3.70. The highest BCUT2D eigenvalue weighted by Crippen LogP contribution is 2.35. The Morgan fingerprint density at radius 1 is 1.29 bits per heavy atom. The molecule has 0 bridgehead atoms. The molecule has 0 atom stereocenters. The van der Waals surface area contributed by atoms with Crippen molar-refractivity contribution in [3.05, 3.63) is 52.7 Å². The lowest BCUT2D eigenvalue weighted by Gasteiger charge is -2.22. The topological polar surface area (TPSA) is 42.1 Å². The summed E-state index contributed by atoms with van der Waals surface area (Å²) in [5.74, 6) is 0.241. The molecular weight excluding hydrogens is 303 g/mol. The van der Waals surface area contributed by atoms with E-state index < -0.39 is 11.7 Å².